The Kier molecular flexibility index (Phi) is 11.1. The maximum Gasteiger partial charge on any atom is 0.433 e. The highest BCUT2D eigenvalue weighted by atomic mass is 19.4. The van der Waals surface area contributed by atoms with Gasteiger partial charge in [0.05, 0.1) is 47.8 Å². The van der Waals surface area contributed by atoms with Crippen LogP contribution < -0.4 is 10.6 Å². The standard InChI is InChI=1S/C27H30F9N7O3/c1-4-18-12-20(22-19(43(18)24(45)46-14(2)3)5-6-21(39-22)27(34,35)36)42(23(37)40-41-38-7-8-44)13-15-9-16(25(28,29)30)11-17(10-15)26(31,32)33/h5-6,9-11,14,18,20,44H,4,7-8,12-13H2,1-3H3,(H2,37,38,40)/t18-,20+/m1/s1. The van der Waals surface area contributed by atoms with Gasteiger partial charge in [-0.1, -0.05) is 12.0 Å². The molecule has 2 atom stereocenters. The molecule has 3 rings (SSSR count). The Balaban J connectivity index is 2.30. The lowest BCUT2D eigenvalue weighted by molar-refractivity contribution is -0.143. The average molecular weight is 672 g/mol. The van der Waals surface area contributed by atoms with Crippen LogP contribution in [-0.4, -0.2) is 52.3 Å². The van der Waals surface area contributed by atoms with E-state index in [1.165, 1.54) is 0 Å². The first-order chi connectivity index (χ1) is 21.3. The number of carbonyl (C=O) groups excluding carboxylic acids is 1. The quantitative estimate of drug-likeness (QED) is 0.103. The number of alkyl halides is 9. The number of benzene rings is 1. The fourth-order valence-electron chi connectivity index (χ4n) is 4.76. The first-order valence-corrected chi connectivity index (χ1v) is 13.7. The van der Waals surface area contributed by atoms with E-state index in [1.807, 2.05) is 0 Å². The fraction of sp³-hybridized carbons (Fsp3) is 0.519. The molecule has 2 aromatic rings. The van der Waals surface area contributed by atoms with Crippen LogP contribution in [0.5, 0.6) is 0 Å². The number of nitrogens with two attached hydrogens (primary N) is 1. The number of aliphatic hydroxyl groups is 1. The summed E-state index contributed by atoms with van der Waals surface area (Å²) in [4.78, 5) is 18.9. The molecule has 0 saturated carbocycles. The van der Waals surface area contributed by atoms with Crippen molar-refractivity contribution in [2.75, 3.05) is 18.1 Å². The molecule has 1 aromatic carbocycles. The number of halogens is 9. The fourth-order valence-corrected chi connectivity index (χ4v) is 4.76. The summed E-state index contributed by atoms with van der Waals surface area (Å²) in [5.41, 5.74) is 0.312. The normalized spacial score (nSPS) is 17.9. The van der Waals surface area contributed by atoms with Crippen molar-refractivity contribution in [2.24, 2.45) is 21.2 Å². The lowest BCUT2D eigenvalue weighted by atomic mass is 9.91. The minimum Gasteiger partial charge on any atom is -0.446 e. The van der Waals surface area contributed by atoms with E-state index in [4.69, 9.17) is 15.6 Å². The molecule has 0 unspecified atom stereocenters. The van der Waals surface area contributed by atoms with Crippen LogP contribution in [-0.2, 0) is 29.8 Å². The van der Waals surface area contributed by atoms with E-state index in [9.17, 15) is 44.3 Å². The van der Waals surface area contributed by atoms with E-state index in [1.54, 1.807) is 20.8 Å². The van der Waals surface area contributed by atoms with Gasteiger partial charge in [0.25, 0.3) is 0 Å². The highest BCUT2D eigenvalue weighted by Crippen LogP contribution is 2.44. The lowest BCUT2D eigenvalue weighted by Crippen LogP contribution is -2.50. The van der Waals surface area contributed by atoms with E-state index in [0.717, 1.165) is 15.9 Å². The minimum atomic E-state index is -5.19. The van der Waals surface area contributed by atoms with Gasteiger partial charge in [0.15, 0.2) is 0 Å². The van der Waals surface area contributed by atoms with Crippen molar-refractivity contribution in [1.82, 2.24) is 9.88 Å². The molecule has 254 valence electrons. The summed E-state index contributed by atoms with van der Waals surface area (Å²) in [6.07, 6.45) is -17.0. The molecule has 0 saturated heterocycles. The molecule has 1 aliphatic rings. The number of hydrogen-bond donors (Lipinski definition) is 2. The van der Waals surface area contributed by atoms with Gasteiger partial charge in [0.2, 0.25) is 5.96 Å². The van der Waals surface area contributed by atoms with Gasteiger partial charge >= 0.3 is 24.6 Å². The first kappa shape index (κ1) is 36.3. The monoisotopic (exact) mass is 671 g/mol. The molecule has 46 heavy (non-hydrogen) atoms. The first-order valence-electron chi connectivity index (χ1n) is 13.7. The largest absolute Gasteiger partial charge is 0.446 e. The van der Waals surface area contributed by atoms with Crippen LogP contribution in [0.15, 0.2) is 45.8 Å². The molecular formula is C27H30F9N7O3. The predicted octanol–water partition coefficient (Wildman–Crippen LogP) is 6.89. The SMILES string of the molecule is CC[C@@H]1C[C@H](N(Cc2cc(C(F)(F)F)cc(C(F)(F)F)c2)C(N)=NN=NCCO)c2nc(C(F)(F)F)ccc2N1C(=O)OC(C)C. The number of carbonyl (C=O) groups is 1. The van der Waals surface area contributed by atoms with Crippen molar-refractivity contribution in [3.63, 3.8) is 0 Å². The van der Waals surface area contributed by atoms with Crippen LogP contribution >= 0.6 is 0 Å². The zero-order valence-electron chi connectivity index (χ0n) is 24.6. The van der Waals surface area contributed by atoms with Gasteiger partial charge in [0, 0.05) is 12.6 Å². The summed E-state index contributed by atoms with van der Waals surface area (Å²) in [5.74, 6) is -0.657. The van der Waals surface area contributed by atoms with Gasteiger partial charge in [-0.15, -0.1) is 0 Å². The number of hydrogen-bond acceptors (Lipinski definition) is 6. The lowest BCUT2D eigenvalue weighted by Gasteiger charge is -2.43. The van der Waals surface area contributed by atoms with Crippen molar-refractivity contribution < 1.29 is 54.2 Å². The van der Waals surface area contributed by atoms with E-state index < -0.39 is 90.0 Å². The second-order valence-corrected chi connectivity index (χ2v) is 10.4. The Morgan fingerprint density at radius 2 is 1.67 bits per heavy atom. The van der Waals surface area contributed by atoms with Crippen LogP contribution in [0.2, 0.25) is 0 Å². The summed E-state index contributed by atoms with van der Waals surface area (Å²) in [6, 6.07) is 0.210. The zero-order valence-corrected chi connectivity index (χ0v) is 24.6. The minimum absolute atomic E-state index is 0.0766. The third kappa shape index (κ3) is 8.76. The van der Waals surface area contributed by atoms with Crippen molar-refractivity contribution in [2.45, 2.75) is 76.9 Å². The smallest absolute Gasteiger partial charge is 0.433 e. The maximum absolute atomic E-state index is 13.8. The van der Waals surface area contributed by atoms with Crippen LogP contribution in [0, 0.1) is 0 Å². The number of guanidine groups is 1. The summed E-state index contributed by atoms with van der Waals surface area (Å²) >= 11 is 0. The van der Waals surface area contributed by atoms with Gasteiger partial charge in [-0.3, -0.25) is 4.90 Å². The second kappa shape index (κ2) is 14.1. The average Bonchev–Trinajstić information content (AvgIpc) is 2.95. The third-order valence-corrected chi connectivity index (χ3v) is 6.71. The highest BCUT2D eigenvalue weighted by molar-refractivity contribution is 5.90. The number of nitrogens with zero attached hydrogens (tertiary/aromatic N) is 6. The van der Waals surface area contributed by atoms with Gasteiger partial charge in [-0.2, -0.15) is 44.6 Å². The van der Waals surface area contributed by atoms with Crippen LogP contribution in [0.4, 0.5) is 50.0 Å². The summed E-state index contributed by atoms with van der Waals surface area (Å²) < 4.78 is 129. The van der Waals surface area contributed by atoms with Crippen molar-refractivity contribution in [3.8, 4) is 0 Å². The van der Waals surface area contributed by atoms with E-state index in [0.29, 0.717) is 18.2 Å². The van der Waals surface area contributed by atoms with E-state index in [2.05, 4.69) is 20.4 Å². The van der Waals surface area contributed by atoms with Crippen molar-refractivity contribution in [1.29, 1.82) is 0 Å². The second-order valence-electron chi connectivity index (χ2n) is 10.4. The van der Waals surface area contributed by atoms with E-state index >= 15 is 0 Å². The third-order valence-electron chi connectivity index (χ3n) is 6.71. The number of amides is 1. The topological polar surface area (TPSA) is 129 Å². The van der Waals surface area contributed by atoms with Crippen LogP contribution in [0.1, 0.15) is 67.7 Å². The molecule has 10 nitrogen and oxygen atoms in total. The number of aromatic nitrogens is 1. The molecule has 0 radical (unpaired) electrons. The molecule has 0 fully saturated rings. The van der Waals surface area contributed by atoms with Crippen molar-refractivity contribution >= 4 is 17.7 Å². The number of rotatable bonds is 8. The van der Waals surface area contributed by atoms with Gasteiger partial charge < -0.3 is 20.5 Å². The molecule has 1 aromatic heterocycles. The Labute approximate surface area is 256 Å². The number of ether oxygens (including phenoxy) is 1. The molecule has 3 N–H and O–H groups in total. The zero-order chi connectivity index (χ0) is 34.6. The molecule has 0 spiro atoms. The van der Waals surface area contributed by atoms with Crippen LogP contribution in [0.3, 0.4) is 0 Å². The Bertz CT molecular complexity index is 1410. The Morgan fingerprint density at radius 1 is 1.07 bits per heavy atom. The molecule has 1 aliphatic heterocycles. The highest BCUT2D eigenvalue weighted by Gasteiger charge is 2.43. The molecule has 1 amide bonds. The molecule has 19 heteroatoms. The van der Waals surface area contributed by atoms with Crippen molar-refractivity contribution in [3.05, 3.63) is 58.4 Å². The number of anilines is 1. The maximum atomic E-state index is 13.8. The molecule has 0 aliphatic carbocycles. The summed E-state index contributed by atoms with van der Waals surface area (Å²) in [5, 5.41) is 19.5. The molecule has 2 heterocycles. The van der Waals surface area contributed by atoms with Gasteiger partial charge in [0.1, 0.15) is 5.69 Å². The number of aliphatic hydroxyl groups excluding tert-OH is 1. The molecular weight excluding hydrogens is 641 g/mol. The summed E-state index contributed by atoms with van der Waals surface area (Å²) in [6.45, 7) is 3.21. The van der Waals surface area contributed by atoms with E-state index in [-0.39, 0.29) is 31.1 Å². The van der Waals surface area contributed by atoms with Crippen LogP contribution in [0.25, 0.3) is 0 Å². The van der Waals surface area contributed by atoms with Gasteiger partial charge in [-0.05, 0) is 67.8 Å². The number of fused-ring (bicyclic) bond motifs is 1. The number of pyridine rings is 1. The Morgan fingerprint density at radius 3 is 2.17 bits per heavy atom. The predicted molar refractivity (Wildman–Crippen MR) is 145 cm³/mol. The summed E-state index contributed by atoms with van der Waals surface area (Å²) in [7, 11) is 0. The van der Waals surface area contributed by atoms with Gasteiger partial charge in [-0.25, -0.2) is 9.78 Å². The Hall–Kier alpha value is -4.16. The molecule has 0 bridgehead atoms.